The van der Waals surface area contributed by atoms with Crippen molar-refractivity contribution >= 4 is 29.8 Å². The number of carbonyl (C=O) groups is 2. The number of ketones is 1. The lowest BCUT2D eigenvalue weighted by Crippen LogP contribution is -2.29. The van der Waals surface area contributed by atoms with Gasteiger partial charge in [-0.15, -0.1) is 12.4 Å². The molecule has 0 amide bonds. The van der Waals surface area contributed by atoms with Crippen LogP contribution in [0, 0.1) is 0 Å². The van der Waals surface area contributed by atoms with Crippen LogP contribution in [0.5, 0.6) is 0 Å². The van der Waals surface area contributed by atoms with Crippen LogP contribution in [0.4, 0.5) is 5.69 Å². The third kappa shape index (κ3) is 3.51. The molecule has 0 aliphatic carbocycles. The summed E-state index contributed by atoms with van der Waals surface area (Å²) in [6.07, 6.45) is -0.196. The van der Waals surface area contributed by atoms with Crippen LogP contribution in [0.1, 0.15) is 18.9 Å². The summed E-state index contributed by atoms with van der Waals surface area (Å²) < 4.78 is 4.95. The number of ether oxygens (including phenoxy) is 1. The van der Waals surface area contributed by atoms with Gasteiger partial charge in [-0.3, -0.25) is 4.79 Å². The van der Waals surface area contributed by atoms with Crippen LogP contribution in [-0.4, -0.2) is 23.0 Å². The minimum Gasteiger partial charge on any atom is -0.511 e. The number of hydrogen-bond acceptors (Lipinski definition) is 5. The Bertz CT molecular complexity index is 551. The van der Waals surface area contributed by atoms with Crippen molar-refractivity contribution < 1.29 is 19.4 Å². The van der Waals surface area contributed by atoms with Gasteiger partial charge in [-0.1, -0.05) is 12.1 Å². The number of rotatable bonds is 3. The lowest BCUT2D eigenvalue weighted by molar-refractivity contribution is -0.147. The molecule has 0 radical (unpaired) electrons. The molecule has 3 N–H and O–H groups in total. The van der Waals surface area contributed by atoms with E-state index in [-0.39, 0.29) is 36.6 Å². The smallest absolute Gasteiger partial charge is 0.345 e. The molecule has 1 aromatic rings. The monoisotopic (exact) mass is 297 g/mol. The predicted octanol–water partition coefficient (Wildman–Crippen LogP) is 1.95. The van der Waals surface area contributed by atoms with Gasteiger partial charge in [-0.2, -0.15) is 0 Å². The van der Waals surface area contributed by atoms with Gasteiger partial charge in [0, 0.05) is 18.5 Å². The van der Waals surface area contributed by atoms with Gasteiger partial charge in [0.15, 0.2) is 5.78 Å². The Morgan fingerprint density at radius 3 is 2.55 bits per heavy atom. The largest absolute Gasteiger partial charge is 0.511 e. The molecule has 1 atom stereocenters. The van der Waals surface area contributed by atoms with E-state index >= 15 is 0 Å². The Hall–Kier alpha value is -2.01. The molecule has 0 bridgehead atoms. The molecular weight excluding hydrogens is 282 g/mol. The second-order valence-electron chi connectivity index (χ2n) is 4.58. The van der Waals surface area contributed by atoms with Gasteiger partial charge in [-0.25, -0.2) is 4.79 Å². The van der Waals surface area contributed by atoms with Gasteiger partial charge >= 0.3 is 5.97 Å². The first-order valence-corrected chi connectivity index (χ1v) is 5.98. The highest BCUT2D eigenvalue weighted by Crippen LogP contribution is 2.21. The molecular formula is C14H16ClNO4. The molecule has 0 aromatic heterocycles. The Kier molecular flexibility index (Phi) is 5.16. The fourth-order valence-electron chi connectivity index (χ4n) is 1.96. The first-order valence-electron chi connectivity index (χ1n) is 5.98. The molecule has 0 fully saturated rings. The van der Waals surface area contributed by atoms with E-state index in [0.717, 1.165) is 5.56 Å². The van der Waals surface area contributed by atoms with E-state index in [2.05, 4.69) is 0 Å². The van der Waals surface area contributed by atoms with E-state index in [0.29, 0.717) is 5.69 Å². The number of aliphatic hydroxyl groups is 1. The average Bonchev–Trinajstić information content (AvgIpc) is 2.30. The van der Waals surface area contributed by atoms with Gasteiger partial charge < -0.3 is 15.6 Å². The number of cyclic esters (lactones) is 1. The third-order valence-electron chi connectivity index (χ3n) is 2.90. The molecule has 1 aliphatic rings. The van der Waals surface area contributed by atoms with Gasteiger partial charge in [0.05, 0.1) is 0 Å². The molecule has 20 heavy (non-hydrogen) atoms. The van der Waals surface area contributed by atoms with Crippen molar-refractivity contribution in [2.45, 2.75) is 25.9 Å². The zero-order chi connectivity index (χ0) is 14.0. The molecule has 6 heteroatoms. The second-order valence-corrected chi connectivity index (χ2v) is 4.58. The summed E-state index contributed by atoms with van der Waals surface area (Å²) >= 11 is 0. The Balaban J connectivity index is 0.00000200. The van der Waals surface area contributed by atoms with Gasteiger partial charge in [0.25, 0.3) is 0 Å². The fourth-order valence-corrected chi connectivity index (χ4v) is 1.96. The van der Waals surface area contributed by atoms with Crippen LogP contribution in [0.15, 0.2) is 35.6 Å². The molecule has 0 saturated carbocycles. The number of hydrogen-bond donors (Lipinski definition) is 2. The van der Waals surface area contributed by atoms with Crippen LogP contribution in [0.3, 0.4) is 0 Å². The maximum Gasteiger partial charge on any atom is 0.345 e. The van der Waals surface area contributed by atoms with Crippen LogP contribution in [0.2, 0.25) is 0 Å². The molecule has 5 nitrogen and oxygen atoms in total. The van der Waals surface area contributed by atoms with Crippen LogP contribution >= 0.6 is 12.4 Å². The minimum absolute atomic E-state index is 0. The van der Waals surface area contributed by atoms with Gasteiger partial charge in [0.2, 0.25) is 0 Å². The normalized spacial score (nSPS) is 18.2. The summed E-state index contributed by atoms with van der Waals surface area (Å²) in [4.78, 5) is 23.6. The minimum atomic E-state index is -0.753. The standard InChI is InChI=1S/C14H15NO4.ClH/c1-8-6-11(16)13(14(18)19-8)12(17)7-9-2-4-10(15)5-3-9;/h2-5,8,16H,6-7,15H2,1H3;1H. The average molecular weight is 298 g/mol. The second kappa shape index (κ2) is 6.43. The van der Waals surface area contributed by atoms with Crippen molar-refractivity contribution in [3.8, 4) is 0 Å². The highest BCUT2D eigenvalue weighted by Gasteiger charge is 2.31. The van der Waals surface area contributed by atoms with Gasteiger partial charge in [0.1, 0.15) is 17.4 Å². The summed E-state index contributed by atoms with van der Waals surface area (Å²) in [6, 6.07) is 6.78. The van der Waals surface area contributed by atoms with Crippen molar-refractivity contribution in [2.75, 3.05) is 5.73 Å². The van der Waals surface area contributed by atoms with E-state index in [1.165, 1.54) is 0 Å². The zero-order valence-corrected chi connectivity index (χ0v) is 11.8. The van der Waals surface area contributed by atoms with Crippen molar-refractivity contribution in [2.24, 2.45) is 0 Å². The number of aliphatic hydroxyl groups excluding tert-OH is 1. The summed E-state index contributed by atoms with van der Waals surface area (Å²) in [6.45, 7) is 1.66. The number of esters is 1. The lowest BCUT2D eigenvalue weighted by Gasteiger charge is -2.20. The van der Waals surface area contributed by atoms with Crippen molar-refractivity contribution in [3.63, 3.8) is 0 Å². The molecule has 0 spiro atoms. The zero-order valence-electron chi connectivity index (χ0n) is 11.0. The highest BCUT2D eigenvalue weighted by atomic mass is 35.5. The van der Waals surface area contributed by atoms with Gasteiger partial charge in [-0.05, 0) is 24.6 Å². The van der Waals surface area contributed by atoms with E-state index in [1.54, 1.807) is 31.2 Å². The molecule has 108 valence electrons. The number of Topliss-reactive ketones (excluding diaryl/α,β-unsaturated/α-hetero) is 1. The van der Waals surface area contributed by atoms with Crippen molar-refractivity contribution in [1.29, 1.82) is 0 Å². The number of nitrogens with two attached hydrogens (primary N) is 1. The third-order valence-corrected chi connectivity index (χ3v) is 2.90. The number of benzene rings is 1. The summed E-state index contributed by atoms with van der Waals surface area (Å²) in [5.41, 5.74) is 6.64. The van der Waals surface area contributed by atoms with E-state index in [9.17, 15) is 14.7 Å². The van der Waals surface area contributed by atoms with Crippen molar-refractivity contribution in [3.05, 3.63) is 41.2 Å². The number of anilines is 1. The topological polar surface area (TPSA) is 89.6 Å². The summed E-state index contributed by atoms with van der Waals surface area (Å²) in [5, 5.41) is 9.74. The first-order chi connectivity index (χ1) is 8.97. The lowest BCUT2D eigenvalue weighted by atomic mass is 9.98. The van der Waals surface area contributed by atoms with Crippen LogP contribution in [0.25, 0.3) is 0 Å². The molecule has 2 rings (SSSR count). The van der Waals surface area contributed by atoms with Crippen LogP contribution in [-0.2, 0) is 20.7 Å². The SMILES string of the molecule is CC1CC(O)=C(C(=O)Cc2ccc(N)cc2)C(=O)O1.Cl. The number of carbonyl (C=O) groups excluding carboxylic acids is 2. The number of nitrogen functional groups attached to an aromatic ring is 1. The molecule has 0 saturated heterocycles. The van der Waals surface area contributed by atoms with E-state index < -0.39 is 17.9 Å². The van der Waals surface area contributed by atoms with Crippen LogP contribution < -0.4 is 5.73 Å². The Labute approximate surface area is 122 Å². The van der Waals surface area contributed by atoms with E-state index in [1.807, 2.05) is 0 Å². The highest BCUT2D eigenvalue weighted by molar-refractivity contribution is 6.18. The molecule has 1 unspecified atom stereocenters. The maximum atomic E-state index is 12.0. The Morgan fingerprint density at radius 1 is 1.40 bits per heavy atom. The summed E-state index contributed by atoms with van der Waals surface area (Å²) in [7, 11) is 0. The Morgan fingerprint density at radius 2 is 2.00 bits per heavy atom. The fraction of sp³-hybridized carbons (Fsp3) is 0.286. The summed E-state index contributed by atoms with van der Waals surface area (Å²) in [5.74, 6) is -1.39. The quantitative estimate of drug-likeness (QED) is 0.505. The predicted molar refractivity (Wildman–Crippen MR) is 76.6 cm³/mol. The molecule has 1 heterocycles. The first kappa shape index (κ1) is 16.0. The maximum absolute atomic E-state index is 12.0. The molecule has 1 aromatic carbocycles. The van der Waals surface area contributed by atoms with E-state index in [4.69, 9.17) is 10.5 Å². The molecule has 1 aliphatic heterocycles. The van der Waals surface area contributed by atoms with Crippen molar-refractivity contribution in [1.82, 2.24) is 0 Å². The number of halogens is 1.